The summed E-state index contributed by atoms with van der Waals surface area (Å²) in [6.45, 7) is 5.51. The van der Waals surface area contributed by atoms with Gasteiger partial charge in [0.2, 0.25) is 5.91 Å². The highest BCUT2D eigenvalue weighted by Crippen LogP contribution is 2.21. The van der Waals surface area contributed by atoms with Gasteiger partial charge in [-0.1, -0.05) is 17.3 Å². The number of rotatable bonds is 2. The molecule has 0 bridgehead atoms. The molecule has 2 aliphatic heterocycles. The molecule has 105 valence electrons. The molecule has 1 aromatic carbocycles. The van der Waals surface area contributed by atoms with Crippen LogP contribution >= 0.6 is 0 Å². The van der Waals surface area contributed by atoms with E-state index >= 15 is 0 Å². The summed E-state index contributed by atoms with van der Waals surface area (Å²) >= 11 is 0. The third kappa shape index (κ3) is 2.67. The Hall–Kier alpha value is -1.88. The molecule has 1 radical (unpaired) electrons. The minimum Gasteiger partial charge on any atom is -0.392 e. The highest BCUT2D eigenvalue weighted by atomic mass is 16.6. The number of amides is 1. The Kier molecular flexibility index (Phi) is 3.69. The van der Waals surface area contributed by atoms with E-state index in [1.54, 1.807) is 4.90 Å². The van der Waals surface area contributed by atoms with Crippen LogP contribution in [0.2, 0.25) is 0 Å². The number of ether oxygens (including phenoxy) is 1. The SMILES string of the molecule is [CH2]C1CC(c2ccc(N3CCOCCC3=O)cc2)=NO1. The van der Waals surface area contributed by atoms with Gasteiger partial charge in [0, 0.05) is 18.7 Å². The first-order valence-electron chi connectivity index (χ1n) is 6.78. The lowest BCUT2D eigenvalue weighted by Gasteiger charge is -2.20. The summed E-state index contributed by atoms with van der Waals surface area (Å²) in [6.07, 6.45) is 1.05. The van der Waals surface area contributed by atoms with Gasteiger partial charge in [0.05, 0.1) is 25.3 Å². The molecule has 5 heteroatoms. The highest BCUT2D eigenvalue weighted by molar-refractivity contribution is 6.02. The van der Waals surface area contributed by atoms with E-state index < -0.39 is 0 Å². The lowest BCUT2D eigenvalue weighted by atomic mass is 10.1. The molecule has 2 heterocycles. The van der Waals surface area contributed by atoms with Crippen molar-refractivity contribution in [1.29, 1.82) is 0 Å². The average Bonchev–Trinajstić information content (AvgIpc) is 2.78. The Morgan fingerprint density at radius 3 is 2.75 bits per heavy atom. The summed E-state index contributed by atoms with van der Waals surface area (Å²) in [5.41, 5.74) is 2.82. The quantitative estimate of drug-likeness (QED) is 0.825. The highest BCUT2D eigenvalue weighted by Gasteiger charge is 2.20. The molecule has 1 atom stereocenters. The Balaban J connectivity index is 1.77. The van der Waals surface area contributed by atoms with Gasteiger partial charge in [0.15, 0.2) is 0 Å². The van der Waals surface area contributed by atoms with Gasteiger partial charge in [-0.05, 0) is 24.6 Å². The maximum atomic E-state index is 12.0. The number of hydrogen-bond acceptors (Lipinski definition) is 4. The van der Waals surface area contributed by atoms with Gasteiger partial charge in [-0.15, -0.1) is 0 Å². The number of hydrogen-bond donors (Lipinski definition) is 0. The van der Waals surface area contributed by atoms with Crippen LogP contribution in [0.15, 0.2) is 29.4 Å². The second kappa shape index (κ2) is 5.63. The number of carbonyl (C=O) groups is 1. The number of carbonyl (C=O) groups excluding carboxylic acids is 1. The lowest BCUT2D eigenvalue weighted by molar-refractivity contribution is -0.118. The predicted octanol–water partition coefficient (Wildman–Crippen LogP) is 1.77. The molecule has 1 amide bonds. The van der Waals surface area contributed by atoms with Crippen molar-refractivity contribution in [2.75, 3.05) is 24.7 Å². The van der Waals surface area contributed by atoms with Crippen molar-refractivity contribution in [3.05, 3.63) is 36.8 Å². The maximum absolute atomic E-state index is 12.0. The fraction of sp³-hybridized carbons (Fsp3) is 0.400. The lowest BCUT2D eigenvalue weighted by Crippen LogP contribution is -2.31. The van der Waals surface area contributed by atoms with Gasteiger partial charge in [0.1, 0.15) is 6.10 Å². The molecule has 5 nitrogen and oxygen atoms in total. The summed E-state index contributed by atoms with van der Waals surface area (Å²) in [5, 5.41) is 4.01. The topological polar surface area (TPSA) is 51.1 Å². The van der Waals surface area contributed by atoms with Crippen LogP contribution < -0.4 is 4.90 Å². The molecule has 0 spiro atoms. The molecule has 1 aromatic rings. The van der Waals surface area contributed by atoms with E-state index in [-0.39, 0.29) is 12.0 Å². The van der Waals surface area contributed by atoms with Crippen molar-refractivity contribution in [3.8, 4) is 0 Å². The molecule has 0 aliphatic carbocycles. The fourth-order valence-electron chi connectivity index (χ4n) is 2.38. The van der Waals surface area contributed by atoms with Crippen molar-refractivity contribution < 1.29 is 14.4 Å². The minimum absolute atomic E-state index is 0.103. The third-order valence-corrected chi connectivity index (χ3v) is 3.47. The van der Waals surface area contributed by atoms with Crippen LogP contribution in [0.1, 0.15) is 18.4 Å². The van der Waals surface area contributed by atoms with Crippen molar-refractivity contribution in [3.63, 3.8) is 0 Å². The Morgan fingerprint density at radius 2 is 2.05 bits per heavy atom. The van der Waals surface area contributed by atoms with Crippen LogP contribution in [-0.4, -0.2) is 37.5 Å². The van der Waals surface area contributed by atoms with Gasteiger partial charge in [-0.3, -0.25) is 4.79 Å². The molecular formula is C15H17N2O3. The van der Waals surface area contributed by atoms with Crippen LogP contribution in [0.25, 0.3) is 0 Å². The fourth-order valence-corrected chi connectivity index (χ4v) is 2.38. The minimum atomic E-state index is -0.103. The van der Waals surface area contributed by atoms with Gasteiger partial charge >= 0.3 is 0 Å². The number of anilines is 1. The molecule has 1 saturated heterocycles. The molecule has 3 rings (SSSR count). The van der Waals surface area contributed by atoms with E-state index in [9.17, 15) is 4.79 Å². The molecular weight excluding hydrogens is 256 g/mol. The number of benzene rings is 1. The zero-order chi connectivity index (χ0) is 13.9. The van der Waals surface area contributed by atoms with E-state index in [0.29, 0.717) is 26.2 Å². The van der Waals surface area contributed by atoms with Crippen molar-refractivity contribution in [2.45, 2.75) is 18.9 Å². The summed E-state index contributed by atoms with van der Waals surface area (Å²) in [5.74, 6) is 0.106. The molecule has 0 N–H and O–H groups in total. The largest absolute Gasteiger partial charge is 0.392 e. The first-order valence-corrected chi connectivity index (χ1v) is 6.78. The molecule has 1 unspecified atom stereocenters. The Morgan fingerprint density at radius 1 is 1.25 bits per heavy atom. The first-order chi connectivity index (χ1) is 9.74. The van der Waals surface area contributed by atoms with E-state index in [2.05, 4.69) is 12.1 Å². The van der Waals surface area contributed by atoms with Crippen molar-refractivity contribution in [2.24, 2.45) is 5.16 Å². The Labute approximate surface area is 118 Å². The van der Waals surface area contributed by atoms with Crippen molar-refractivity contribution >= 4 is 17.3 Å². The smallest absolute Gasteiger partial charge is 0.229 e. The summed E-state index contributed by atoms with van der Waals surface area (Å²) in [6, 6.07) is 7.82. The van der Waals surface area contributed by atoms with Crippen LogP contribution in [0.4, 0.5) is 5.69 Å². The predicted molar refractivity (Wildman–Crippen MR) is 75.6 cm³/mol. The zero-order valence-electron chi connectivity index (χ0n) is 11.2. The van der Waals surface area contributed by atoms with Gasteiger partial charge in [-0.25, -0.2) is 0 Å². The van der Waals surface area contributed by atoms with Crippen LogP contribution in [0.5, 0.6) is 0 Å². The van der Waals surface area contributed by atoms with E-state index in [4.69, 9.17) is 9.57 Å². The number of oxime groups is 1. The van der Waals surface area contributed by atoms with Crippen LogP contribution in [0, 0.1) is 6.92 Å². The van der Waals surface area contributed by atoms with Crippen molar-refractivity contribution in [1.82, 2.24) is 0 Å². The first kappa shape index (κ1) is 13.1. The maximum Gasteiger partial charge on any atom is 0.229 e. The zero-order valence-corrected chi connectivity index (χ0v) is 11.2. The average molecular weight is 273 g/mol. The van der Waals surface area contributed by atoms with Gasteiger partial charge in [0.25, 0.3) is 0 Å². The second-order valence-corrected chi connectivity index (χ2v) is 4.92. The molecule has 20 heavy (non-hydrogen) atoms. The second-order valence-electron chi connectivity index (χ2n) is 4.92. The molecule has 2 aliphatic rings. The van der Waals surface area contributed by atoms with E-state index in [0.717, 1.165) is 23.4 Å². The van der Waals surface area contributed by atoms with Crippen LogP contribution in [0.3, 0.4) is 0 Å². The monoisotopic (exact) mass is 273 g/mol. The van der Waals surface area contributed by atoms with Crippen LogP contribution in [-0.2, 0) is 14.4 Å². The number of nitrogens with zero attached hydrogens (tertiary/aromatic N) is 2. The summed E-state index contributed by atoms with van der Waals surface area (Å²) in [4.78, 5) is 18.9. The van der Waals surface area contributed by atoms with Gasteiger partial charge < -0.3 is 14.5 Å². The van der Waals surface area contributed by atoms with Gasteiger partial charge in [-0.2, -0.15) is 0 Å². The molecule has 0 saturated carbocycles. The molecule has 1 fully saturated rings. The summed E-state index contributed by atoms with van der Waals surface area (Å²) < 4.78 is 5.33. The normalized spacial score (nSPS) is 23.2. The summed E-state index contributed by atoms with van der Waals surface area (Å²) in [7, 11) is 0. The molecule has 0 aromatic heterocycles. The standard InChI is InChI=1S/C15H17N2O3/c1-11-10-14(16-20-11)12-2-4-13(5-3-12)17-7-9-19-8-6-15(17)18/h2-5,11H,1,6-10H2. The van der Waals surface area contributed by atoms with E-state index in [1.807, 2.05) is 24.3 Å². The Bertz CT molecular complexity index is 524. The third-order valence-electron chi connectivity index (χ3n) is 3.47. The van der Waals surface area contributed by atoms with E-state index in [1.165, 1.54) is 0 Å².